The van der Waals surface area contributed by atoms with Crippen molar-refractivity contribution in [3.63, 3.8) is 0 Å². The molecule has 0 aliphatic rings. The molecule has 0 heterocycles. The second-order valence-corrected chi connectivity index (χ2v) is 12.7. The van der Waals surface area contributed by atoms with Gasteiger partial charge in [0.25, 0.3) is 0 Å². The quantitative estimate of drug-likeness (QED) is 0.674. The summed E-state index contributed by atoms with van der Waals surface area (Å²) >= 11 is 1.70. The van der Waals surface area contributed by atoms with Crippen LogP contribution in [0.25, 0.3) is 0 Å². The van der Waals surface area contributed by atoms with Crippen LogP contribution >= 0.6 is 11.8 Å². The van der Waals surface area contributed by atoms with Gasteiger partial charge in [0.15, 0.2) is 0 Å². The number of carboxylic acid groups (broad SMARTS) is 1. The first-order valence-electron chi connectivity index (χ1n) is 6.30. The van der Waals surface area contributed by atoms with Gasteiger partial charge in [-0.15, -0.1) is 0 Å². The zero-order valence-corrected chi connectivity index (χ0v) is 13.8. The lowest BCUT2D eigenvalue weighted by molar-refractivity contribution is -0.140. The number of aliphatic carboxylic acids is 1. The molecule has 6 heteroatoms. The largest absolute Gasteiger partial charge is 0.480 e. The van der Waals surface area contributed by atoms with Crippen LogP contribution in [0.3, 0.4) is 0 Å². The lowest BCUT2D eigenvalue weighted by Crippen LogP contribution is -2.43. The van der Waals surface area contributed by atoms with Crippen LogP contribution in [0.1, 0.15) is 26.7 Å². The summed E-state index contributed by atoms with van der Waals surface area (Å²) in [6.07, 6.45) is 2.23. The number of hydrogen-bond acceptors (Lipinski definition) is 3. The van der Waals surface area contributed by atoms with E-state index in [1.165, 1.54) is 6.92 Å². The van der Waals surface area contributed by atoms with Gasteiger partial charge in [0, 0.05) is 12.7 Å². The highest BCUT2D eigenvalue weighted by atomic mass is 32.2. The van der Waals surface area contributed by atoms with Gasteiger partial charge in [-0.1, -0.05) is 33.0 Å². The first-order valence-corrected chi connectivity index (χ1v) is 10.9. The number of carboxylic acids is 1. The van der Waals surface area contributed by atoms with Crippen LogP contribution in [-0.4, -0.2) is 41.7 Å². The molecule has 0 radical (unpaired) electrons. The fourth-order valence-corrected chi connectivity index (χ4v) is 6.16. The zero-order valence-electron chi connectivity index (χ0n) is 11.9. The normalized spacial score (nSPS) is 14.9. The van der Waals surface area contributed by atoms with Crippen molar-refractivity contribution in [3.8, 4) is 0 Å². The Morgan fingerprint density at radius 3 is 2.22 bits per heavy atom. The van der Waals surface area contributed by atoms with Gasteiger partial charge in [-0.2, -0.15) is 11.8 Å². The van der Waals surface area contributed by atoms with Gasteiger partial charge < -0.3 is 10.4 Å². The highest BCUT2D eigenvalue weighted by molar-refractivity contribution is 8.01. The molecule has 0 aromatic carbocycles. The minimum absolute atomic E-state index is 0.289. The maximum absolute atomic E-state index is 11.0. The van der Waals surface area contributed by atoms with E-state index in [1.54, 1.807) is 11.8 Å². The standard InChI is InChI=1S/C12H25NO3SSi/c1-6-7-11(18(3,4)5)17-8-10(12(15)16)13-9(2)14/h10-11H,6-8H2,1-5H3,(H,13,14)(H,15,16)/t10-,11?/m0/s1. The Morgan fingerprint density at radius 1 is 1.33 bits per heavy atom. The third-order valence-corrected chi connectivity index (χ3v) is 8.66. The summed E-state index contributed by atoms with van der Waals surface area (Å²) in [6.45, 7) is 10.4. The monoisotopic (exact) mass is 291 g/mol. The van der Waals surface area contributed by atoms with Crippen molar-refractivity contribution in [2.45, 2.75) is 57.2 Å². The van der Waals surface area contributed by atoms with Gasteiger partial charge in [0.2, 0.25) is 5.91 Å². The summed E-state index contributed by atoms with van der Waals surface area (Å²) in [7, 11) is -1.29. The maximum Gasteiger partial charge on any atom is 0.327 e. The lowest BCUT2D eigenvalue weighted by Gasteiger charge is -2.29. The van der Waals surface area contributed by atoms with Crippen molar-refractivity contribution in [1.29, 1.82) is 0 Å². The van der Waals surface area contributed by atoms with Crippen molar-refractivity contribution in [2.24, 2.45) is 0 Å². The minimum Gasteiger partial charge on any atom is -0.480 e. The summed E-state index contributed by atoms with van der Waals surface area (Å²) in [4.78, 5) is 22.5. The van der Waals surface area contributed by atoms with Crippen LogP contribution < -0.4 is 5.32 Å². The molecular formula is C12H25NO3SSi. The molecule has 0 aromatic heterocycles. The van der Waals surface area contributed by atoms with Crippen molar-refractivity contribution in [1.82, 2.24) is 5.32 Å². The van der Waals surface area contributed by atoms with E-state index in [0.29, 0.717) is 10.6 Å². The molecule has 0 fully saturated rings. The molecule has 0 aliphatic carbocycles. The van der Waals surface area contributed by atoms with Crippen LogP contribution in [0.2, 0.25) is 19.6 Å². The number of carbonyl (C=O) groups is 2. The Hall–Kier alpha value is -0.493. The molecule has 0 rings (SSSR count). The Morgan fingerprint density at radius 2 is 1.89 bits per heavy atom. The average molecular weight is 291 g/mol. The minimum atomic E-state index is -1.29. The predicted octanol–water partition coefficient (Wildman–Crippen LogP) is 2.36. The molecule has 106 valence electrons. The van der Waals surface area contributed by atoms with E-state index >= 15 is 0 Å². The van der Waals surface area contributed by atoms with E-state index in [0.717, 1.165) is 12.8 Å². The van der Waals surface area contributed by atoms with E-state index in [4.69, 9.17) is 5.11 Å². The highest BCUT2D eigenvalue weighted by Crippen LogP contribution is 2.27. The van der Waals surface area contributed by atoms with Gasteiger partial charge in [0.1, 0.15) is 6.04 Å². The van der Waals surface area contributed by atoms with Crippen LogP contribution in [0, 0.1) is 0 Å². The first-order chi connectivity index (χ1) is 8.18. The molecule has 0 saturated heterocycles. The average Bonchev–Trinajstić information content (AvgIpc) is 2.19. The maximum atomic E-state index is 11.0. The van der Waals surface area contributed by atoms with Gasteiger partial charge in [-0.3, -0.25) is 4.79 Å². The Balaban J connectivity index is 4.46. The second kappa shape index (κ2) is 7.84. The molecule has 2 atom stereocenters. The number of thioether (sulfide) groups is 1. The molecule has 0 spiro atoms. The summed E-state index contributed by atoms with van der Waals surface area (Å²) in [5.74, 6) is -0.796. The van der Waals surface area contributed by atoms with Gasteiger partial charge >= 0.3 is 5.97 Å². The van der Waals surface area contributed by atoms with E-state index in [9.17, 15) is 9.59 Å². The number of nitrogens with one attached hydrogen (secondary N) is 1. The lowest BCUT2D eigenvalue weighted by atomic mass is 10.3. The van der Waals surface area contributed by atoms with E-state index < -0.39 is 20.1 Å². The van der Waals surface area contributed by atoms with E-state index in [1.807, 2.05) is 0 Å². The Kier molecular flexibility index (Phi) is 7.62. The van der Waals surface area contributed by atoms with Crippen molar-refractivity contribution in [3.05, 3.63) is 0 Å². The summed E-state index contributed by atoms with van der Waals surface area (Å²) < 4.78 is 0. The topological polar surface area (TPSA) is 66.4 Å². The molecule has 0 aromatic rings. The summed E-state index contributed by atoms with van der Waals surface area (Å²) in [6, 6.07) is -0.775. The molecule has 4 nitrogen and oxygen atoms in total. The van der Waals surface area contributed by atoms with Crippen LogP contribution in [0.4, 0.5) is 0 Å². The van der Waals surface area contributed by atoms with E-state index in [2.05, 4.69) is 31.9 Å². The molecular weight excluding hydrogens is 266 g/mol. The Labute approximate surface area is 115 Å². The predicted molar refractivity (Wildman–Crippen MR) is 79.7 cm³/mol. The number of carbonyl (C=O) groups excluding carboxylic acids is 1. The molecule has 0 aliphatic heterocycles. The molecule has 1 unspecified atom stereocenters. The molecule has 1 amide bonds. The Bertz CT molecular complexity index is 292. The van der Waals surface area contributed by atoms with Gasteiger partial charge in [-0.05, 0) is 11.3 Å². The van der Waals surface area contributed by atoms with Crippen molar-refractivity contribution < 1.29 is 14.7 Å². The van der Waals surface area contributed by atoms with Crippen molar-refractivity contribution in [2.75, 3.05) is 5.75 Å². The molecule has 18 heavy (non-hydrogen) atoms. The summed E-state index contributed by atoms with van der Waals surface area (Å²) in [5.41, 5.74) is 0. The fraction of sp³-hybridized carbons (Fsp3) is 0.833. The molecule has 0 bridgehead atoms. The van der Waals surface area contributed by atoms with Crippen LogP contribution in [-0.2, 0) is 9.59 Å². The van der Waals surface area contributed by atoms with Crippen LogP contribution in [0.15, 0.2) is 0 Å². The summed E-state index contributed by atoms with van der Waals surface area (Å²) in [5, 5.41) is 11.5. The second-order valence-electron chi connectivity index (χ2n) is 5.57. The zero-order chi connectivity index (χ0) is 14.3. The smallest absolute Gasteiger partial charge is 0.327 e. The molecule has 0 saturated carbocycles. The number of hydrogen-bond donors (Lipinski definition) is 2. The van der Waals surface area contributed by atoms with Gasteiger partial charge in [0.05, 0.1) is 8.07 Å². The fourth-order valence-electron chi connectivity index (χ4n) is 1.66. The number of amides is 1. The third-order valence-electron chi connectivity index (χ3n) is 2.66. The number of rotatable bonds is 8. The highest BCUT2D eigenvalue weighted by Gasteiger charge is 2.28. The third kappa shape index (κ3) is 7.06. The van der Waals surface area contributed by atoms with Gasteiger partial charge in [-0.25, -0.2) is 4.79 Å². The first kappa shape index (κ1) is 17.5. The van der Waals surface area contributed by atoms with Crippen molar-refractivity contribution >= 4 is 31.7 Å². The SMILES string of the molecule is CCCC(SC[C@H](NC(C)=O)C(=O)O)[Si](C)(C)C. The van der Waals surface area contributed by atoms with Crippen LogP contribution in [0.5, 0.6) is 0 Å². The molecule has 2 N–H and O–H groups in total. The van der Waals surface area contributed by atoms with E-state index in [-0.39, 0.29) is 5.91 Å².